The number of nitrogens with zero attached hydrogens (tertiary/aromatic N) is 3. The van der Waals surface area contributed by atoms with Crippen molar-refractivity contribution in [2.75, 3.05) is 0 Å². The molecule has 0 saturated heterocycles. The van der Waals surface area contributed by atoms with Gasteiger partial charge < -0.3 is 0 Å². The Morgan fingerprint density at radius 2 is 2.05 bits per heavy atom. The van der Waals surface area contributed by atoms with Crippen molar-refractivity contribution >= 4 is 22.6 Å². The number of alkyl halides is 3. The quantitative estimate of drug-likeness (QED) is 0.743. The Hall–Kier alpha value is -1.12. The van der Waals surface area contributed by atoms with Gasteiger partial charge in [-0.3, -0.25) is 0 Å². The Morgan fingerprint density at radius 3 is 2.70 bits per heavy atom. The average Bonchev–Trinajstić information content (AvgIpc) is 3.16. The highest BCUT2D eigenvalue weighted by Gasteiger charge is 2.31. The van der Waals surface area contributed by atoms with Crippen LogP contribution in [-0.4, -0.2) is 15.0 Å². The number of hydrogen-bond donors (Lipinski definition) is 0. The zero-order chi connectivity index (χ0) is 14.3. The van der Waals surface area contributed by atoms with E-state index in [1.54, 1.807) is 10.7 Å². The number of benzene rings is 1. The van der Waals surface area contributed by atoms with E-state index >= 15 is 0 Å². The van der Waals surface area contributed by atoms with Crippen molar-refractivity contribution in [3.05, 3.63) is 44.8 Å². The molecular formula is C13H11F3IN3. The lowest BCUT2D eigenvalue weighted by Gasteiger charge is -2.09. The summed E-state index contributed by atoms with van der Waals surface area (Å²) in [7, 11) is 0. The zero-order valence-corrected chi connectivity index (χ0v) is 12.5. The maximum absolute atomic E-state index is 12.7. The van der Waals surface area contributed by atoms with Gasteiger partial charge in [0.15, 0.2) is 0 Å². The normalized spacial score (nSPS) is 15.6. The lowest BCUT2D eigenvalue weighted by molar-refractivity contribution is -0.137. The van der Waals surface area contributed by atoms with E-state index in [0.717, 1.165) is 34.4 Å². The molecule has 0 spiro atoms. The van der Waals surface area contributed by atoms with Crippen molar-refractivity contribution in [1.29, 1.82) is 0 Å². The molecule has 0 atom stereocenters. The average molecular weight is 393 g/mol. The fourth-order valence-corrected chi connectivity index (χ4v) is 2.86. The van der Waals surface area contributed by atoms with E-state index in [2.05, 4.69) is 32.9 Å². The van der Waals surface area contributed by atoms with Crippen LogP contribution in [0.1, 0.15) is 35.6 Å². The van der Waals surface area contributed by atoms with Crippen LogP contribution in [0.25, 0.3) is 0 Å². The molecule has 7 heteroatoms. The second kappa shape index (κ2) is 5.01. The first kappa shape index (κ1) is 13.8. The maximum Gasteiger partial charge on any atom is 0.416 e. The van der Waals surface area contributed by atoms with Crippen LogP contribution in [0.2, 0.25) is 0 Å². The molecular weight excluding hydrogens is 382 g/mol. The van der Waals surface area contributed by atoms with Crippen molar-refractivity contribution in [2.45, 2.75) is 31.5 Å². The van der Waals surface area contributed by atoms with E-state index in [1.165, 1.54) is 6.07 Å². The monoisotopic (exact) mass is 393 g/mol. The Kier molecular flexibility index (Phi) is 3.47. The van der Waals surface area contributed by atoms with Gasteiger partial charge in [-0.25, -0.2) is 4.68 Å². The molecule has 0 amide bonds. The summed E-state index contributed by atoms with van der Waals surface area (Å²) in [5.41, 5.74) is 0.912. The van der Waals surface area contributed by atoms with Gasteiger partial charge >= 0.3 is 6.18 Å². The van der Waals surface area contributed by atoms with E-state index < -0.39 is 11.7 Å². The summed E-state index contributed by atoms with van der Waals surface area (Å²) in [6, 6.07) is 5.33. The highest BCUT2D eigenvalue weighted by Crippen LogP contribution is 2.40. The molecule has 1 heterocycles. The van der Waals surface area contributed by atoms with E-state index in [1.807, 2.05) is 0 Å². The SMILES string of the molecule is FC(F)(F)c1cccc(Cn2nnc(C3CC3)c2I)c1. The summed E-state index contributed by atoms with van der Waals surface area (Å²) in [6.07, 6.45) is -2.07. The third kappa shape index (κ3) is 2.82. The highest BCUT2D eigenvalue weighted by molar-refractivity contribution is 14.1. The molecule has 106 valence electrons. The first-order valence-electron chi connectivity index (χ1n) is 6.20. The van der Waals surface area contributed by atoms with Crippen molar-refractivity contribution in [2.24, 2.45) is 0 Å². The molecule has 20 heavy (non-hydrogen) atoms. The second-order valence-electron chi connectivity index (χ2n) is 4.90. The van der Waals surface area contributed by atoms with Crippen LogP contribution in [0.15, 0.2) is 24.3 Å². The summed E-state index contributed by atoms with van der Waals surface area (Å²) in [5.74, 6) is 0.483. The van der Waals surface area contributed by atoms with Crippen molar-refractivity contribution in [3.63, 3.8) is 0 Å². The molecule has 1 saturated carbocycles. The van der Waals surface area contributed by atoms with Gasteiger partial charge in [-0.2, -0.15) is 13.2 Å². The molecule has 1 aromatic heterocycles. The lowest BCUT2D eigenvalue weighted by atomic mass is 10.1. The van der Waals surface area contributed by atoms with Crippen molar-refractivity contribution in [1.82, 2.24) is 15.0 Å². The van der Waals surface area contributed by atoms with E-state index in [-0.39, 0.29) is 0 Å². The van der Waals surface area contributed by atoms with E-state index in [9.17, 15) is 13.2 Å². The molecule has 0 bridgehead atoms. The molecule has 3 rings (SSSR count). The van der Waals surface area contributed by atoms with Gasteiger partial charge in [0.2, 0.25) is 0 Å². The predicted molar refractivity (Wildman–Crippen MR) is 75.3 cm³/mol. The van der Waals surface area contributed by atoms with Crippen LogP contribution in [0.4, 0.5) is 13.2 Å². The van der Waals surface area contributed by atoms with Crippen molar-refractivity contribution in [3.8, 4) is 0 Å². The first-order chi connectivity index (χ1) is 9.45. The molecule has 3 nitrogen and oxygen atoms in total. The minimum atomic E-state index is -4.31. The number of aromatic nitrogens is 3. The minimum absolute atomic E-state index is 0.307. The van der Waals surface area contributed by atoms with Gasteiger partial charge in [-0.15, -0.1) is 5.10 Å². The first-order valence-corrected chi connectivity index (χ1v) is 7.28. The van der Waals surface area contributed by atoms with Crippen LogP contribution in [0, 0.1) is 3.70 Å². The molecule has 0 radical (unpaired) electrons. The second-order valence-corrected chi connectivity index (χ2v) is 5.92. The molecule has 1 aliphatic rings. The summed E-state index contributed by atoms with van der Waals surface area (Å²) in [6.45, 7) is 0.307. The van der Waals surface area contributed by atoms with Crippen molar-refractivity contribution < 1.29 is 13.2 Å². The zero-order valence-electron chi connectivity index (χ0n) is 10.4. The minimum Gasteiger partial charge on any atom is -0.234 e. The Bertz CT molecular complexity index is 632. The number of hydrogen-bond acceptors (Lipinski definition) is 2. The van der Waals surface area contributed by atoms with Crippen LogP contribution in [-0.2, 0) is 12.7 Å². The molecule has 1 aromatic carbocycles. The molecule has 0 unspecified atom stereocenters. The Balaban J connectivity index is 1.84. The smallest absolute Gasteiger partial charge is 0.234 e. The van der Waals surface area contributed by atoms with Crippen LogP contribution in [0.5, 0.6) is 0 Å². The lowest BCUT2D eigenvalue weighted by Crippen LogP contribution is -2.08. The fraction of sp³-hybridized carbons (Fsp3) is 0.385. The van der Waals surface area contributed by atoms with Gasteiger partial charge in [-0.05, 0) is 53.1 Å². The van der Waals surface area contributed by atoms with E-state index in [4.69, 9.17) is 0 Å². The number of rotatable bonds is 3. The third-order valence-corrected chi connectivity index (χ3v) is 4.36. The maximum atomic E-state index is 12.7. The summed E-state index contributed by atoms with van der Waals surface area (Å²) >= 11 is 2.16. The topological polar surface area (TPSA) is 30.7 Å². The molecule has 1 aliphatic carbocycles. The third-order valence-electron chi connectivity index (χ3n) is 3.25. The van der Waals surface area contributed by atoms with Gasteiger partial charge in [0.25, 0.3) is 0 Å². The standard InChI is InChI=1S/C13H11F3IN3/c14-13(15,16)10-3-1-2-8(6-10)7-20-12(17)11(18-19-20)9-4-5-9/h1-3,6,9H,4-5,7H2. The van der Waals surface area contributed by atoms with Crippen LogP contribution >= 0.6 is 22.6 Å². The molecule has 1 fully saturated rings. The largest absolute Gasteiger partial charge is 0.416 e. The molecule has 2 aromatic rings. The number of halogens is 4. The van der Waals surface area contributed by atoms with Gasteiger partial charge in [-0.1, -0.05) is 17.3 Å². The fourth-order valence-electron chi connectivity index (χ4n) is 2.04. The van der Waals surface area contributed by atoms with Crippen LogP contribution < -0.4 is 0 Å². The summed E-state index contributed by atoms with van der Waals surface area (Å²) < 4.78 is 40.6. The summed E-state index contributed by atoms with van der Waals surface area (Å²) in [5, 5.41) is 8.17. The van der Waals surface area contributed by atoms with Gasteiger partial charge in [0, 0.05) is 5.92 Å². The highest BCUT2D eigenvalue weighted by atomic mass is 127. The van der Waals surface area contributed by atoms with Gasteiger partial charge in [0.1, 0.15) is 3.70 Å². The Labute approximate surface area is 127 Å². The Morgan fingerprint density at radius 1 is 1.30 bits per heavy atom. The van der Waals surface area contributed by atoms with Crippen LogP contribution in [0.3, 0.4) is 0 Å². The van der Waals surface area contributed by atoms with E-state index in [0.29, 0.717) is 18.0 Å². The summed E-state index contributed by atoms with van der Waals surface area (Å²) in [4.78, 5) is 0. The predicted octanol–water partition coefficient (Wildman–Crippen LogP) is 3.83. The van der Waals surface area contributed by atoms with Gasteiger partial charge in [0.05, 0.1) is 17.8 Å². The molecule has 0 N–H and O–H groups in total. The molecule has 0 aliphatic heterocycles.